The fourth-order valence-electron chi connectivity index (χ4n) is 7.51. The van der Waals surface area contributed by atoms with Crippen LogP contribution in [0.25, 0.3) is 0 Å². The van der Waals surface area contributed by atoms with E-state index in [9.17, 15) is 37.5 Å². The molecule has 2 aromatic rings. The van der Waals surface area contributed by atoms with Crippen molar-refractivity contribution in [2.24, 2.45) is 17.3 Å². The van der Waals surface area contributed by atoms with Crippen LogP contribution in [0.3, 0.4) is 0 Å². The molecule has 0 radical (unpaired) electrons. The quantitative estimate of drug-likeness (QED) is 0.144. The largest absolute Gasteiger partial charge is 0.381 e. The molecule has 6 atom stereocenters. The second kappa shape index (κ2) is 18.9. The molecule has 1 aromatic carbocycles. The van der Waals surface area contributed by atoms with E-state index in [2.05, 4.69) is 36.6 Å². The Morgan fingerprint density at radius 3 is 2.16 bits per heavy atom. The van der Waals surface area contributed by atoms with Crippen molar-refractivity contribution in [2.75, 3.05) is 13.1 Å². The third kappa shape index (κ3) is 11.3. The maximum Gasteiger partial charge on any atom is 0.272 e. The van der Waals surface area contributed by atoms with Gasteiger partial charge in [-0.3, -0.25) is 29.0 Å². The maximum atomic E-state index is 14.4. The molecule has 2 heterocycles. The lowest BCUT2D eigenvalue weighted by Crippen LogP contribution is -2.61. The fraction of sp³-hybridized carbons (Fsp3) is 0.625. The number of nitrogens with one attached hydrogen (secondary N) is 5. The van der Waals surface area contributed by atoms with Gasteiger partial charge in [-0.05, 0) is 62.5 Å². The number of carbonyl (C=O) groups excluding carboxylic acids is 5. The standard InChI is InChI=1S/C40H58N8O8S/c1-6-10-29(33(49)38(53)43-26-15-16-26)44-35(50)28-22-48(57(55,56)27-17-13-24(2)14-18-27)23-31(28)45-39(54)34(40(3,4)5)47-37(52)32(25-11-8-7-9-12-25)46-36(51)30-21-41-19-20-42-30/h13-14,17-21,25-26,28-29,31-34,49H,6-12,15-16,22-23H2,1-5H3,(H,43,53)(H,44,50)(H,45,54)(H,46,51)(H,47,52). The lowest BCUT2D eigenvalue weighted by Gasteiger charge is -2.35. The van der Waals surface area contributed by atoms with E-state index in [1.807, 2.05) is 13.8 Å². The first-order valence-corrected chi connectivity index (χ1v) is 21.5. The Bertz CT molecular complexity index is 1850. The van der Waals surface area contributed by atoms with Crippen molar-refractivity contribution in [1.82, 2.24) is 40.9 Å². The van der Waals surface area contributed by atoms with Gasteiger partial charge in [0.15, 0.2) is 6.10 Å². The molecule has 5 amide bonds. The summed E-state index contributed by atoms with van der Waals surface area (Å²) in [7, 11) is -4.12. The first kappa shape index (κ1) is 43.6. The van der Waals surface area contributed by atoms with Crippen LogP contribution >= 0.6 is 0 Å². The molecule has 3 aliphatic rings. The van der Waals surface area contributed by atoms with E-state index < -0.39 is 81.2 Å². The topological polar surface area (TPSA) is 229 Å². The number of aromatic nitrogens is 2. The fourth-order valence-corrected chi connectivity index (χ4v) is 9.00. The van der Waals surface area contributed by atoms with Gasteiger partial charge in [-0.25, -0.2) is 13.4 Å². The lowest BCUT2D eigenvalue weighted by atomic mass is 9.82. The highest BCUT2D eigenvalue weighted by molar-refractivity contribution is 7.89. The zero-order valence-corrected chi connectivity index (χ0v) is 34.3. The number of hydrogen-bond donors (Lipinski definition) is 6. The van der Waals surface area contributed by atoms with E-state index >= 15 is 0 Å². The Labute approximate surface area is 335 Å². The number of rotatable bonds is 16. The van der Waals surface area contributed by atoms with Gasteiger partial charge in [0.2, 0.25) is 27.7 Å². The van der Waals surface area contributed by atoms with E-state index in [0.717, 1.165) is 42.0 Å². The Balaban J connectivity index is 1.39. The Morgan fingerprint density at radius 1 is 0.877 bits per heavy atom. The highest BCUT2D eigenvalue weighted by Gasteiger charge is 2.46. The summed E-state index contributed by atoms with van der Waals surface area (Å²) in [4.78, 5) is 76.7. The van der Waals surface area contributed by atoms with E-state index in [-0.39, 0.29) is 42.1 Å². The molecule has 6 N–H and O–H groups in total. The van der Waals surface area contributed by atoms with Crippen LogP contribution < -0.4 is 26.6 Å². The molecule has 0 bridgehead atoms. The summed E-state index contributed by atoms with van der Waals surface area (Å²) in [6, 6.07) is 2.13. The summed E-state index contributed by atoms with van der Waals surface area (Å²) in [5.74, 6) is -4.33. The smallest absolute Gasteiger partial charge is 0.272 e. The molecule has 3 fully saturated rings. The average Bonchev–Trinajstić information content (AvgIpc) is 3.90. The third-order valence-electron chi connectivity index (χ3n) is 11.0. The predicted molar refractivity (Wildman–Crippen MR) is 211 cm³/mol. The monoisotopic (exact) mass is 810 g/mol. The first-order chi connectivity index (χ1) is 27.0. The van der Waals surface area contributed by atoms with Gasteiger partial charge in [0.05, 0.1) is 29.1 Å². The molecule has 1 aliphatic heterocycles. The van der Waals surface area contributed by atoms with Crippen LogP contribution in [0.5, 0.6) is 0 Å². The number of hydrogen-bond acceptors (Lipinski definition) is 10. The number of aliphatic hydroxyl groups is 1. The number of carbonyl (C=O) groups is 5. The van der Waals surface area contributed by atoms with Crippen molar-refractivity contribution in [3.05, 3.63) is 54.1 Å². The van der Waals surface area contributed by atoms with Crippen LogP contribution in [0, 0.1) is 24.2 Å². The summed E-state index contributed by atoms with van der Waals surface area (Å²) in [6.45, 7) is 8.43. The number of aryl methyl sites for hydroxylation is 1. The van der Waals surface area contributed by atoms with Crippen molar-refractivity contribution in [3.8, 4) is 0 Å². The Hall–Kier alpha value is -4.48. The van der Waals surface area contributed by atoms with Crippen molar-refractivity contribution < 1.29 is 37.5 Å². The van der Waals surface area contributed by atoms with Crippen molar-refractivity contribution >= 4 is 39.6 Å². The summed E-state index contributed by atoms with van der Waals surface area (Å²) in [5.41, 5.74) is 0.0311. The van der Waals surface area contributed by atoms with Crippen LogP contribution in [0.4, 0.5) is 0 Å². The Morgan fingerprint density at radius 2 is 1.56 bits per heavy atom. The predicted octanol–water partition coefficient (Wildman–Crippen LogP) is 1.72. The molecular weight excluding hydrogens is 753 g/mol. The molecule has 1 saturated heterocycles. The number of nitrogens with zero attached hydrogens (tertiary/aromatic N) is 3. The molecule has 5 rings (SSSR count). The van der Waals surface area contributed by atoms with Crippen LogP contribution in [-0.2, 0) is 29.2 Å². The second-order valence-corrected chi connectivity index (χ2v) is 18.7. The summed E-state index contributed by atoms with van der Waals surface area (Å²) >= 11 is 0. The molecule has 2 saturated carbocycles. The molecule has 2 aliphatic carbocycles. The molecule has 6 unspecified atom stereocenters. The number of sulfonamides is 1. The van der Waals surface area contributed by atoms with E-state index in [0.29, 0.717) is 19.3 Å². The molecule has 57 heavy (non-hydrogen) atoms. The third-order valence-corrected chi connectivity index (χ3v) is 12.9. The zero-order valence-electron chi connectivity index (χ0n) is 33.5. The first-order valence-electron chi connectivity index (χ1n) is 20.0. The minimum Gasteiger partial charge on any atom is -0.381 e. The zero-order chi connectivity index (χ0) is 41.5. The van der Waals surface area contributed by atoms with Gasteiger partial charge in [-0.15, -0.1) is 0 Å². The summed E-state index contributed by atoms with van der Waals surface area (Å²) in [5, 5.41) is 25.1. The van der Waals surface area contributed by atoms with Crippen LogP contribution in [0.15, 0.2) is 47.8 Å². The van der Waals surface area contributed by atoms with Gasteiger partial charge in [-0.1, -0.05) is 71.1 Å². The average molecular weight is 811 g/mol. The van der Waals surface area contributed by atoms with Gasteiger partial charge in [0.25, 0.3) is 11.8 Å². The second-order valence-electron chi connectivity index (χ2n) is 16.7. The highest BCUT2D eigenvalue weighted by atomic mass is 32.2. The molecule has 312 valence electrons. The van der Waals surface area contributed by atoms with E-state index in [1.54, 1.807) is 32.9 Å². The molecular formula is C40H58N8O8S. The van der Waals surface area contributed by atoms with Gasteiger partial charge in [0.1, 0.15) is 17.8 Å². The molecule has 1 aromatic heterocycles. The summed E-state index contributed by atoms with van der Waals surface area (Å²) < 4.78 is 29.0. The van der Waals surface area contributed by atoms with Gasteiger partial charge >= 0.3 is 0 Å². The van der Waals surface area contributed by atoms with Gasteiger partial charge in [0, 0.05) is 31.5 Å². The van der Waals surface area contributed by atoms with Crippen molar-refractivity contribution in [2.45, 2.75) is 134 Å². The maximum absolute atomic E-state index is 14.4. The van der Waals surface area contributed by atoms with Crippen LogP contribution in [0.1, 0.15) is 102 Å². The molecule has 17 heteroatoms. The SMILES string of the molecule is CCCC(NC(=O)C1CN(S(=O)(=O)c2ccc(C)cc2)CC1NC(=O)C(NC(=O)C(NC(=O)c1cnccn1)C1CCCCC1)C(C)(C)C)C(O)C(=O)NC1CC1. The molecule has 16 nitrogen and oxygen atoms in total. The van der Waals surface area contributed by atoms with Crippen LogP contribution in [-0.4, -0.2) is 107 Å². The lowest BCUT2D eigenvalue weighted by molar-refractivity contribution is -0.135. The molecule has 0 spiro atoms. The minimum absolute atomic E-state index is 0.0104. The van der Waals surface area contributed by atoms with Crippen molar-refractivity contribution in [1.29, 1.82) is 0 Å². The van der Waals surface area contributed by atoms with Crippen LogP contribution in [0.2, 0.25) is 0 Å². The number of aliphatic hydroxyl groups excluding tert-OH is 1. The van der Waals surface area contributed by atoms with Gasteiger partial charge in [-0.2, -0.15) is 4.31 Å². The normalized spacial score (nSPS) is 21.4. The minimum atomic E-state index is -4.12. The van der Waals surface area contributed by atoms with Gasteiger partial charge < -0.3 is 31.7 Å². The summed E-state index contributed by atoms with van der Waals surface area (Å²) in [6.07, 6.45) is 9.19. The van der Waals surface area contributed by atoms with Crippen molar-refractivity contribution in [3.63, 3.8) is 0 Å². The number of benzene rings is 1. The number of amides is 5. The highest BCUT2D eigenvalue weighted by Crippen LogP contribution is 2.30. The van der Waals surface area contributed by atoms with E-state index in [4.69, 9.17) is 0 Å². The van der Waals surface area contributed by atoms with E-state index in [1.165, 1.54) is 30.7 Å². The Kier molecular flexibility index (Phi) is 14.4.